The van der Waals surface area contributed by atoms with Gasteiger partial charge in [0.25, 0.3) is 0 Å². The Labute approximate surface area is 147 Å². The Bertz CT molecular complexity index is 715. The molecule has 0 aliphatic carbocycles. The van der Waals surface area contributed by atoms with Gasteiger partial charge in [-0.15, -0.1) is 0 Å². The first-order valence-corrected chi connectivity index (χ1v) is 8.17. The molecule has 1 N–H and O–H groups in total. The fourth-order valence-corrected chi connectivity index (χ4v) is 2.66. The minimum atomic E-state index is -1.02. The van der Waals surface area contributed by atoms with E-state index in [9.17, 15) is 9.59 Å². The number of carbonyl (C=O) groups excluding carboxylic acids is 1. The SMILES string of the molecule is COc1cccc(C(C)CC(=O)N(CC(=O)O)Cc2ccccc2)c1. The van der Waals surface area contributed by atoms with Gasteiger partial charge in [-0.1, -0.05) is 49.4 Å². The van der Waals surface area contributed by atoms with E-state index < -0.39 is 5.97 Å². The molecule has 2 aromatic carbocycles. The second-order valence-electron chi connectivity index (χ2n) is 6.01. The predicted molar refractivity (Wildman–Crippen MR) is 95.5 cm³/mol. The van der Waals surface area contributed by atoms with E-state index in [1.165, 1.54) is 4.90 Å². The summed E-state index contributed by atoms with van der Waals surface area (Å²) in [7, 11) is 1.60. The van der Waals surface area contributed by atoms with Gasteiger partial charge < -0.3 is 14.7 Å². The molecule has 132 valence electrons. The number of nitrogens with zero attached hydrogens (tertiary/aromatic N) is 1. The summed E-state index contributed by atoms with van der Waals surface area (Å²) in [5.41, 5.74) is 1.90. The van der Waals surface area contributed by atoms with Crippen LogP contribution in [0.25, 0.3) is 0 Å². The van der Waals surface area contributed by atoms with Crippen LogP contribution >= 0.6 is 0 Å². The van der Waals surface area contributed by atoms with Crippen LogP contribution in [0.2, 0.25) is 0 Å². The molecule has 0 aromatic heterocycles. The molecule has 1 atom stereocenters. The summed E-state index contributed by atoms with van der Waals surface area (Å²) < 4.78 is 5.22. The van der Waals surface area contributed by atoms with Gasteiger partial charge >= 0.3 is 5.97 Å². The van der Waals surface area contributed by atoms with Crippen molar-refractivity contribution in [2.75, 3.05) is 13.7 Å². The third-order valence-corrected chi connectivity index (χ3v) is 4.04. The zero-order valence-corrected chi connectivity index (χ0v) is 14.5. The van der Waals surface area contributed by atoms with E-state index in [-0.39, 0.29) is 31.3 Å². The summed E-state index contributed by atoms with van der Waals surface area (Å²) in [5, 5.41) is 9.12. The first-order valence-electron chi connectivity index (χ1n) is 8.17. The van der Waals surface area contributed by atoms with Crippen molar-refractivity contribution in [3.8, 4) is 5.75 Å². The number of carboxylic acid groups (broad SMARTS) is 1. The lowest BCUT2D eigenvalue weighted by molar-refractivity contribution is -0.145. The molecule has 2 aromatic rings. The standard InChI is InChI=1S/C20H23NO4/c1-15(17-9-6-10-18(12-17)25-2)11-19(22)21(14-20(23)24)13-16-7-4-3-5-8-16/h3-10,12,15H,11,13-14H2,1-2H3,(H,23,24). The molecule has 0 saturated heterocycles. The van der Waals surface area contributed by atoms with Gasteiger partial charge in [0.15, 0.2) is 0 Å². The van der Waals surface area contributed by atoms with Gasteiger partial charge in [-0.25, -0.2) is 0 Å². The zero-order valence-electron chi connectivity index (χ0n) is 14.5. The minimum Gasteiger partial charge on any atom is -0.497 e. The highest BCUT2D eigenvalue weighted by atomic mass is 16.5. The molecule has 1 unspecified atom stereocenters. The number of aliphatic carboxylic acids is 1. The Morgan fingerprint density at radius 2 is 1.84 bits per heavy atom. The number of methoxy groups -OCH3 is 1. The summed E-state index contributed by atoms with van der Waals surface area (Å²) in [6.45, 7) is 1.93. The van der Waals surface area contributed by atoms with Crippen molar-refractivity contribution in [3.63, 3.8) is 0 Å². The molecule has 25 heavy (non-hydrogen) atoms. The molecule has 5 nitrogen and oxygen atoms in total. The molecule has 0 spiro atoms. The molecule has 0 fully saturated rings. The minimum absolute atomic E-state index is 0.0327. The molecular weight excluding hydrogens is 318 g/mol. The lowest BCUT2D eigenvalue weighted by Crippen LogP contribution is -2.35. The average Bonchev–Trinajstić information content (AvgIpc) is 2.61. The van der Waals surface area contributed by atoms with E-state index in [4.69, 9.17) is 9.84 Å². The maximum atomic E-state index is 12.7. The van der Waals surface area contributed by atoms with Gasteiger partial charge in [-0.05, 0) is 29.2 Å². The molecule has 0 aliphatic heterocycles. The smallest absolute Gasteiger partial charge is 0.323 e. The normalized spacial score (nSPS) is 11.6. The van der Waals surface area contributed by atoms with Crippen molar-refractivity contribution in [3.05, 3.63) is 65.7 Å². The number of amides is 1. The average molecular weight is 341 g/mol. The third-order valence-electron chi connectivity index (χ3n) is 4.04. The van der Waals surface area contributed by atoms with Gasteiger partial charge in [0.2, 0.25) is 5.91 Å². The number of carbonyl (C=O) groups is 2. The quantitative estimate of drug-likeness (QED) is 0.800. The molecule has 0 aliphatic rings. The third kappa shape index (κ3) is 5.64. The van der Waals surface area contributed by atoms with Crippen LogP contribution in [0.4, 0.5) is 0 Å². The molecule has 0 radical (unpaired) electrons. The van der Waals surface area contributed by atoms with Crippen LogP contribution in [0.1, 0.15) is 30.4 Å². The van der Waals surface area contributed by atoms with E-state index in [1.54, 1.807) is 7.11 Å². The van der Waals surface area contributed by atoms with Crippen LogP contribution in [-0.2, 0) is 16.1 Å². The number of hydrogen-bond acceptors (Lipinski definition) is 3. The van der Waals surface area contributed by atoms with E-state index in [0.717, 1.165) is 16.9 Å². The number of hydrogen-bond donors (Lipinski definition) is 1. The fourth-order valence-electron chi connectivity index (χ4n) is 2.66. The summed E-state index contributed by atoms with van der Waals surface area (Å²) >= 11 is 0. The second-order valence-corrected chi connectivity index (χ2v) is 6.01. The molecular formula is C20H23NO4. The summed E-state index contributed by atoms with van der Waals surface area (Å²) in [6, 6.07) is 17.0. The maximum absolute atomic E-state index is 12.7. The van der Waals surface area contributed by atoms with Crippen molar-refractivity contribution >= 4 is 11.9 Å². The van der Waals surface area contributed by atoms with Crippen molar-refractivity contribution in [2.45, 2.75) is 25.8 Å². The van der Waals surface area contributed by atoms with E-state index in [2.05, 4.69) is 0 Å². The number of benzene rings is 2. The molecule has 0 bridgehead atoms. The zero-order chi connectivity index (χ0) is 18.2. The summed E-state index contributed by atoms with van der Waals surface area (Å²) in [4.78, 5) is 25.2. The van der Waals surface area contributed by atoms with Crippen molar-refractivity contribution in [1.29, 1.82) is 0 Å². The Morgan fingerprint density at radius 3 is 2.48 bits per heavy atom. The van der Waals surface area contributed by atoms with Gasteiger partial charge in [-0.3, -0.25) is 9.59 Å². The number of ether oxygens (including phenoxy) is 1. The van der Waals surface area contributed by atoms with Crippen molar-refractivity contribution in [1.82, 2.24) is 4.90 Å². The number of carboxylic acids is 1. The molecule has 5 heteroatoms. The second kappa shape index (κ2) is 8.87. The topological polar surface area (TPSA) is 66.8 Å². The lowest BCUT2D eigenvalue weighted by Gasteiger charge is -2.23. The van der Waals surface area contributed by atoms with Crippen LogP contribution in [0, 0.1) is 0 Å². The highest BCUT2D eigenvalue weighted by Gasteiger charge is 2.20. The van der Waals surface area contributed by atoms with Gasteiger partial charge in [0.1, 0.15) is 12.3 Å². The highest BCUT2D eigenvalue weighted by Crippen LogP contribution is 2.24. The van der Waals surface area contributed by atoms with Crippen molar-refractivity contribution < 1.29 is 19.4 Å². The first-order chi connectivity index (χ1) is 12.0. The van der Waals surface area contributed by atoms with Crippen LogP contribution in [0.3, 0.4) is 0 Å². The van der Waals surface area contributed by atoms with Crippen LogP contribution in [0.5, 0.6) is 5.75 Å². The molecule has 2 rings (SSSR count). The molecule has 0 heterocycles. The van der Waals surface area contributed by atoms with Crippen LogP contribution in [0.15, 0.2) is 54.6 Å². The predicted octanol–water partition coefficient (Wildman–Crippen LogP) is 3.30. The van der Waals surface area contributed by atoms with E-state index in [0.29, 0.717) is 0 Å². The largest absolute Gasteiger partial charge is 0.497 e. The fraction of sp³-hybridized carbons (Fsp3) is 0.300. The molecule has 0 saturated carbocycles. The number of rotatable bonds is 8. The van der Waals surface area contributed by atoms with Gasteiger partial charge in [-0.2, -0.15) is 0 Å². The van der Waals surface area contributed by atoms with E-state index >= 15 is 0 Å². The Kier molecular flexibility index (Phi) is 6.57. The Balaban J connectivity index is 2.08. The maximum Gasteiger partial charge on any atom is 0.323 e. The van der Waals surface area contributed by atoms with Gasteiger partial charge in [0.05, 0.1) is 7.11 Å². The Morgan fingerprint density at radius 1 is 1.12 bits per heavy atom. The van der Waals surface area contributed by atoms with E-state index in [1.807, 2.05) is 61.5 Å². The molecule has 1 amide bonds. The lowest BCUT2D eigenvalue weighted by atomic mass is 9.97. The first kappa shape index (κ1) is 18.5. The summed E-state index contributed by atoms with van der Waals surface area (Å²) in [5.74, 6) is -0.488. The Hall–Kier alpha value is -2.82. The summed E-state index contributed by atoms with van der Waals surface area (Å²) in [6.07, 6.45) is 0.243. The van der Waals surface area contributed by atoms with Crippen molar-refractivity contribution in [2.24, 2.45) is 0 Å². The van der Waals surface area contributed by atoms with Crippen LogP contribution < -0.4 is 4.74 Å². The van der Waals surface area contributed by atoms with Crippen LogP contribution in [-0.4, -0.2) is 35.5 Å². The highest BCUT2D eigenvalue weighted by molar-refractivity contribution is 5.81. The monoisotopic (exact) mass is 341 g/mol. The van der Waals surface area contributed by atoms with Gasteiger partial charge in [0, 0.05) is 13.0 Å².